The number of hydrogen-bond acceptors (Lipinski definition) is 7. The van der Waals surface area contributed by atoms with E-state index >= 15 is 0 Å². The Hall–Kier alpha value is -4.41. The molecule has 2 atom stereocenters. The average molecular weight is 595 g/mol. The number of rotatable bonds is 10. The Bertz CT molecular complexity index is 1970. The van der Waals surface area contributed by atoms with E-state index in [1.165, 1.54) is 25.0 Å². The highest BCUT2D eigenvalue weighted by Gasteiger charge is 2.34. The van der Waals surface area contributed by atoms with Crippen molar-refractivity contribution in [2.75, 3.05) is 24.4 Å². The Balaban J connectivity index is 1.15. The Morgan fingerprint density at radius 1 is 1.09 bits per heavy atom. The van der Waals surface area contributed by atoms with Gasteiger partial charge in [0.25, 0.3) is 0 Å². The first-order valence-corrected chi connectivity index (χ1v) is 16.0. The van der Waals surface area contributed by atoms with Crippen LogP contribution in [0, 0.1) is 5.82 Å². The Morgan fingerprint density at radius 3 is 2.79 bits per heavy atom. The van der Waals surface area contributed by atoms with E-state index in [1.807, 2.05) is 65.5 Å². The van der Waals surface area contributed by atoms with Gasteiger partial charge in [-0.2, -0.15) is 5.10 Å². The van der Waals surface area contributed by atoms with Crippen LogP contribution in [0.5, 0.6) is 0 Å². The van der Waals surface area contributed by atoms with Gasteiger partial charge in [0.2, 0.25) is 0 Å². The number of benzene rings is 3. The molecule has 10 heteroatoms. The number of furan rings is 1. The van der Waals surface area contributed by atoms with Gasteiger partial charge in [-0.25, -0.2) is 14.4 Å². The van der Waals surface area contributed by atoms with E-state index in [-0.39, 0.29) is 11.9 Å². The van der Waals surface area contributed by atoms with Crippen LogP contribution in [0.3, 0.4) is 0 Å². The van der Waals surface area contributed by atoms with Gasteiger partial charge in [-0.3, -0.25) is 13.8 Å². The highest BCUT2D eigenvalue weighted by Crippen LogP contribution is 2.36. The largest absolute Gasteiger partial charge is 0.459 e. The van der Waals surface area contributed by atoms with Crippen molar-refractivity contribution in [1.29, 1.82) is 0 Å². The zero-order valence-corrected chi connectivity index (χ0v) is 24.7. The minimum atomic E-state index is -0.945. The monoisotopic (exact) mass is 594 g/mol. The van der Waals surface area contributed by atoms with Crippen molar-refractivity contribution in [2.45, 2.75) is 31.5 Å². The molecule has 0 saturated heterocycles. The number of halogens is 1. The predicted molar refractivity (Wildman–Crippen MR) is 168 cm³/mol. The van der Waals surface area contributed by atoms with Crippen LogP contribution >= 0.6 is 0 Å². The van der Waals surface area contributed by atoms with Gasteiger partial charge in [0.05, 0.1) is 29.8 Å². The third-order valence-electron chi connectivity index (χ3n) is 8.01. The van der Waals surface area contributed by atoms with E-state index in [4.69, 9.17) is 4.42 Å². The number of nitrogens with one attached hydrogen (secondary N) is 1. The molecule has 0 spiro atoms. The lowest BCUT2D eigenvalue weighted by Gasteiger charge is -2.25. The number of nitrogens with zero attached hydrogens (tertiary/aromatic N) is 5. The van der Waals surface area contributed by atoms with Crippen molar-refractivity contribution in [3.8, 4) is 11.3 Å². The van der Waals surface area contributed by atoms with E-state index in [9.17, 15) is 8.60 Å². The standard InChI is InChI=1S/C33H31FN6O2S/c1-39(26-8-9-26)30(19-43(2)41)32-13-12-31(42-32)22-6-10-28-27(16-22)33(36-20-35-28)38-25-7-11-29-23(15-25)17-37-40(29)18-21-4-3-5-24(34)14-21/h3-7,10-17,20,26,30H,8-9,18-19H2,1-2H3,(H,35,36,38). The highest BCUT2D eigenvalue weighted by molar-refractivity contribution is 7.84. The predicted octanol–water partition coefficient (Wildman–Crippen LogP) is 6.68. The van der Waals surface area contributed by atoms with Crippen LogP contribution in [-0.2, 0) is 17.3 Å². The lowest BCUT2D eigenvalue weighted by Crippen LogP contribution is -2.30. The third kappa shape index (κ3) is 5.80. The third-order valence-corrected chi connectivity index (χ3v) is 8.79. The summed E-state index contributed by atoms with van der Waals surface area (Å²) in [6.07, 6.45) is 7.44. The van der Waals surface area contributed by atoms with Gasteiger partial charge in [-0.1, -0.05) is 12.1 Å². The van der Waals surface area contributed by atoms with Crippen molar-refractivity contribution < 1.29 is 13.0 Å². The summed E-state index contributed by atoms with van der Waals surface area (Å²) in [5, 5.41) is 9.81. The Morgan fingerprint density at radius 2 is 1.98 bits per heavy atom. The van der Waals surface area contributed by atoms with Gasteiger partial charge in [0.1, 0.15) is 29.5 Å². The maximum absolute atomic E-state index is 13.7. The summed E-state index contributed by atoms with van der Waals surface area (Å²) < 4.78 is 34.1. The molecule has 1 N–H and O–H groups in total. The van der Waals surface area contributed by atoms with Crippen molar-refractivity contribution in [1.82, 2.24) is 24.6 Å². The molecule has 0 bridgehead atoms. The maximum Gasteiger partial charge on any atom is 0.141 e. The van der Waals surface area contributed by atoms with Crippen LogP contribution < -0.4 is 5.32 Å². The summed E-state index contributed by atoms with van der Waals surface area (Å²) in [6, 6.07) is 23.1. The minimum Gasteiger partial charge on any atom is -0.459 e. The molecule has 8 nitrogen and oxygen atoms in total. The van der Waals surface area contributed by atoms with Gasteiger partial charge < -0.3 is 9.73 Å². The van der Waals surface area contributed by atoms with Gasteiger partial charge >= 0.3 is 0 Å². The van der Waals surface area contributed by atoms with E-state index in [0.29, 0.717) is 24.2 Å². The van der Waals surface area contributed by atoms with Gasteiger partial charge in [0, 0.05) is 50.9 Å². The van der Waals surface area contributed by atoms with Gasteiger partial charge in [-0.15, -0.1) is 0 Å². The summed E-state index contributed by atoms with van der Waals surface area (Å²) in [5.41, 5.74) is 4.39. The van der Waals surface area contributed by atoms with Crippen LogP contribution in [0.2, 0.25) is 0 Å². The fraction of sp³-hybridized carbons (Fsp3) is 0.242. The molecule has 0 amide bonds. The molecule has 1 saturated carbocycles. The maximum atomic E-state index is 13.7. The summed E-state index contributed by atoms with van der Waals surface area (Å²) >= 11 is 0. The van der Waals surface area contributed by atoms with Crippen molar-refractivity contribution in [3.63, 3.8) is 0 Å². The molecule has 7 rings (SSSR count). The van der Waals surface area contributed by atoms with Crippen LogP contribution in [0.4, 0.5) is 15.9 Å². The highest BCUT2D eigenvalue weighted by atomic mass is 32.2. The van der Waals surface area contributed by atoms with E-state index in [2.05, 4.69) is 32.3 Å². The molecule has 1 aliphatic carbocycles. The van der Waals surface area contributed by atoms with E-state index in [1.54, 1.807) is 18.6 Å². The van der Waals surface area contributed by atoms with E-state index in [0.717, 1.165) is 50.1 Å². The normalized spacial score (nSPS) is 14.9. The molecule has 1 fully saturated rings. The molecule has 43 heavy (non-hydrogen) atoms. The average Bonchev–Trinajstić information content (AvgIpc) is 3.61. The molecule has 3 aromatic carbocycles. The zero-order valence-electron chi connectivity index (χ0n) is 23.9. The number of fused-ring (bicyclic) bond motifs is 2. The first kappa shape index (κ1) is 27.4. The molecule has 6 aromatic rings. The van der Waals surface area contributed by atoms with Crippen molar-refractivity contribution in [2.24, 2.45) is 0 Å². The molecule has 2 unspecified atom stereocenters. The summed E-state index contributed by atoms with van der Waals surface area (Å²) in [7, 11) is 1.15. The van der Waals surface area contributed by atoms with Crippen LogP contribution in [0.15, 0.2) is 89.7 Å². The first-order valence-electron chi connectivity index (χ1n) is 14.2. The number of anilines is 2. The Kier molecular flexibility index (Phi) is 7.24. The first-order chi connectivity index (χ1) is 20.9. The second kappa shape index (κ2) is 11.3. The molecule has 3 heterocycles. The zero-order chi connectivity index (χ0) is 29.5. The topological polar surface area (TPSA) is 89.1 Å². The summed E-state index contributed by atoms with van der Waals surface area (Å²) in [6.45, 7) is 0.482. The quantitative estimate of drug-likeness (QED) is 0.189. The summed E-state index contributed by atoms with van der Waals surface area (Å²) in [4.78, 5) is 11.3. The Labute approximate surface area is 251 Å². The number of hydrogen-bond donors (Lipinski definition) is 1. The lowest BCUT2D eigenvalue weighted by atomic mass is 10.1. The van der Waals surface area contributed by atoms with Gasteiger partial charge in [-0.05, 0) is 86.1 Å². The fourth-order valence-electron chi connectivity index (χ4n) is 5.59. The second-order valence-corrected chi connectivity index (χ2v) is 12.6. The molecular weight excluding hydrogens is 563 g/mol. The van der Waals surface area contributed by atoms with E-state index < -0.39 is 10.8 Å². The van der Waals surface area contributed by atoms with Gasteiger partial charge in [0.15, 0.2) is 0 Å². The fourth-order valence-corrected chi connectivity index (χ4v) is 6.44. The molecule has 0 aliphatic heterocycles. The van der Waals surface area contributed by atoms with Crippen LogP contribution in [0.25, 0.3) is 33.1 Å². The van der Waals surface area contributed by atoms with Crippen LogP contribution in [-0.4, -0.2) is 54.0 Å². The van der Waals surface area contributed by atoms with Crippen molar-refractivity contribution in [3.05, 3.63) is 102 Å². The SMILES string of the molecule is CN(C1CC1)C(CS(C)=O)c1ccc(-c2ccc3ncnc(Nc4ccc5c(cnn5Cc5cccc(F)c5)c4)c3c2)o1. The van der Waals surface area contributed by atoms with Crippen LogP contribution in [0.1, 0.15) is 30.2 Å². The van der Waals surface area contributed by atoms with Crippen molar-refractivity contribution >= 4 is 44.1 Å². The molecule has 1 aliphatic rings. The lowest BCUT2D eigenvalue weighted by molar-refractivity contribution is 0.226. The second-order valence-electron chi connectivity index (χ2n) is 11.1. The molecule has 0 radical (unpaired) electrons. The summed E-state index contributed by atoms with van der Waals surface area (Å²) in [5.74, 6) is 2.53. The number of aromatic nitrogens is 4. The minimum absolute atomic E-state index is 0.0266. The molecular formula is C33H31FN6O2S. The smallest absolute Gasteiger partial charge is 0.141 e. The molecule has 218 valence electrons. The molecule has 3 aromatic heterocycles.